The minimum Gasteiger partial charge on any atom is -0.444 e. The normalized spacial score (nSPS) is 14.4. The molecule has 0 fully saturated rings. The average molecular weight is 399 g/mol. The molecule has 0 saturated heterocycles. The first-order chi connectivity index (χ1) is 13.7. The first kappa shape index (κ1) is 22.4. The van der Waals surface area contributed by atoms with E-state index >= 15 is 0 Å². The Labute approximate surface area is 172 Å². The molecule has 0 saturated carbocycles. The summed E-state index contributed by atoms with van der Waals surface area (Å²) >= 11 is 0. The zero-order valence-corrected chi connectivity index (χ0v) is 17.4. The molecule has 0 aliphatic heterocycles. The monoisotopic (exact) mass is 398 g/mol. The Kier molecular flexibility index (Phi) is 7.79. The molecule has 0 spiro atoms. The third kappa shape index (κ3) is 7.58. The van der Waals surface area contributed by atoms with Crippen LogP contribution in [0.5, 0.6) is 0 Å². The third-order valence-corrected chi connectivity index (χ3v) is 4.27. The van der Waals surface area contributed by atoms with Gasteiger partial charge in [0.25, 0.3) is 0 Å². The molecule has 2 aromatic rings. The quantitative estimate of drug-likeness (QED) is 0.667. The van der Waals surface area contributed by atoms with E-state index in [-0.39, 0.29) is 5.91 Å². The summed E-state index contributed by atoms with van der Waals surface area (Å²) < 4.78 is 5.30. The molecule has 0 aromatic heterocycles. The maximum absolute atomic E-state index is 12.9. The van der Waals surface area contributed by atoms with Gasteiger partial charge in [-0.15, -0.1) is 0 Å². The number of aliphatic hydroxyl groups is 1. The Hall–Kier alpha value is -2.86. The van der Waals surface area contributed by atoms with Crippen molar-refractivity contribution in [3.8, 4) is 0 Å². The Bertz CT molecular complexity index is 788. The summed E-state index contributed by atoms with van der Waals surface area (Å²) in [6, 6.07) is 17.2. The van der Waals surface area contributed by atoms with Gasteiger partial charge in [-0.2, -0.15) is 0 Å². The lowest BCUT2D eigenvalue weighted by Crippen LogP contribution is -2.52. The van der Waals surface area contributed by atoms with Crippen LogP contribution in [0.4, 0.5) is 4.79 Å². The molecule has 0 heterocycles. The van der Waals surface area contributed by atoms with E-state index < -0.39 is 29.9 Å². The number of nitrogens with one attached hydrogen (secondary N) is 2. The van der Waals surface area contributed by atoms with Crippen LogP contribution in [0.25, 0.3) is 0 Å². The predicted molar refractivity (Wildman–Crippen MR) is 112 cm³/mol. The van der Waals surface area contributed by atoms with E-state index in [0.29, 0.717) is 12.0 Å². The molecule has 6 heteroatoms. The molecule has 3 atom stereocenters. The van der Waals surface area contributed by atoms with E-state index in [0.717, 1.165) is 5.56 Å². The van der Waals surface area contributed by atoms with E-state index in [9.17, 15) is 14.7 Å². The number of amides is 2. The fourth-order valence-corrected chi connectivity index (χ4v) is 2.85. The van der Waals surface area contributed by atoms with Gasteiger partial charge in [0.2, 0.25) is 5.91 Å². The second-order valence-electron chi connectivity index (χ2n) is 8.04. The third-order valence-electron chi connectivity index (χ3n) is 4.27. The van der Waals surface area contributed by atoms with Gasteiger partial charge in [0.1, 0.15) is 11.6 Å². The highest BCUT2D eigenvalue weighted by Gasteiger charge is 2.27. The topological polar surface area (TPSA) is 87.7 Å². The van der Waals surface area contributed by atoms with Crippen molar-refractivity contribution in [2.45, 2.75) is 57.9 Å². The van der Waals surface area contributed by atoms with E-state index in [1.54, 1.807) is 39.8 Å². The van der Waals surface area contributed by atoms with Gasteiger partial charge >= 0.3 is 6.09 Å². The molecule has 3 unspecified atom stereocenters. The smallest absolute Gasteiger partial charge is 0.408 e. The molecule has 0 bridgehead atoms. The van der Waals surface area contributed by atoms with Crippen molar-refractivity contribution in [2.24, 2.45) is 0 Å². The predicted octanol–water partition coefficient (Wildman–Crippen LogP) is 3.36. The van der Waals surface area contributed by atoms with Crippen molar-refractivity contribution in [3.05, 3.63) is 71.8 Å². The molecule has 2 rings (SSSR count). The highest BCUT2D eigenvalue weighted by Crippen LogP contribution is 2.16. The van der Waals surface area contributed by atoms with Crippen LogP contribution in [0.15, 0.2) is 60.7 Å². The zero-order valence-electron chi connectivity index (χ0n) is 17.4. The van der Waals surface area contributed by atoms with Crippen molar-refractivity contribution in [1.29, 1.82) is 0 Å². The second-order valence-corrected chi connectivity index (χ2v) is 8.04. The Morgan fingerprint density at radius 3 is 2.07 bits per heavy atom. The Morgan fingerprint density at radius 2 is 1.52 bits per heavy atom. The highest BCUT2D eigenvalue weighted by atomic mass is 16.6. The highest BCUT2D eigenvalue weighted by molar-refractivity contribution is 5.86. The molecule has 3 N–H and O–H groups in total. The molecule has 29 heavy (non-hydrogen) atoms. The summed E-state index contributed by atoms with van der Waals surface area (Å²) in [5.41, 5.74) is 0.939. The number of alkyl carbamates (subject to hydrolysis) is 1. The number of carbonyl (C=O) groups is 2. The lowest BCUT2D eigenvalue weighted by Gasteiger charge is -2.26. The van der Waals surface area contributed by atoms with Gasteiger partial charge in [0, 0.05) is 6.42 Å². The lowest BCUT2D eigenvalue weighted by atomic mass is 10.0. The van der Waals surface area contributed by atoms with Crippen molar-refractivity contribution in [3.63, 3.8) is 0 Å². The molecule has 2 amide bonds. The molecule has 0 aliphatic carbocycles. The van der Waals surface area contributed by atoms with Crippen LogP contribution in [-0.4, -0.2) is 34.8 Å². The number of hydrogen-bond donors (Lipinski definition) is 3. The molecule has 0 aliphatic rings. The fourth-order valence-electron chi connectivity index (χ4n) is 2.85. The number of carbonyl (C=O) groups excluding carboxylic acids is 2. The summed E-state index contributed by atoms with van der Waals surface area (Å²) in [6.07, 6.45) is -1.22. The van der Waals surface area contributed by atoms with Crippen molar-refractivity contribution in [2.75, 3.05) is 0 Å². The average Bonchev–Trinajstić information content (AvgIpc) is 2.66. The SMILES string of the molecule is CC(NC(=O)C(Cc1ccccc1)NC(=O)OC(C)(C)C)C(O)c1ccccc1. The van der Waals surface area contributed by atoms with E-state index in [4.69, 9.17) is 4.74 Å². The summed E-state index contributed by atoms with van der Waals surface area (Å²) in [4.78, 5) is 25.1. The van der Waals surface area contributed by atoms with Crippen molar-refractivity contribution >= 4 is 12.0 Å². The van der Waals surface area contributed by atoms with Gasteiger partial charge in [-0.1, -0.05) is 60.7 Å². The fraction of sp³-hybridized carbons (Fsp3) is 0.391. The van der Waals surface area contributed by atoms with E-state index in [2.05, 4.69) is 10.6 Å². The van der Waals surface area contributed by atoms with Crippen LogP contribution in [0.3, 0.4) is 0 Å². The molecular formula is C23H30N2O4. The maximum Gasteiger partial charge on any atom is 0.408 e. The molecule has 6 nitrogen and oxygen atoms in total. The maximum atomic E-state index is 12.9. The molecule has 156 valence electrons. The largest absolute Gasteiger partial charge is 0.444 e. The summed E-state index contributed by atoms with van der Waals surface area (Å²) in [5.74, 6) is -0.387. The van der Waals surface area contributed by atoms with Crippen molar-refractivity contribution < 1.29 is 19.4 Å². The summed E-state index contributed by atoms with van der Waals surface area (Å²) in [5, 5.41) is 16.0. The first-order valence-electron chi connectivity index (χ1n) is 9.72. The standard InChI is InChI=1S/C23H30N2O4/c1-16(20(26)18-13-9-6-10-14-18)24-21(27)19(15-17-11-7-5-8-12-17)25-22(28)29-23(2,3)4/h5-14,16,19-20,26H,15H2,1-4H3,(H,24,27)(H,25,28). The number of ether oxygens (including phenoxy) is 1. The Morgan fingerprint density at radius 1 is 0.966 bits per heavy atom. The van der Waals surface area contributed by atoms with Gasteiger partial charge in [0.05, 0.1) is 12.1 Å². The van der Waals surface area contributed by atoms with Crippen LogP contribution < -0.4 is 10.6 Å². The lowest BCUT2D eigenvalue weighted by molar-refractivity contribution is -0.124. The minimum atomic E-state index is -0.862. The van der Waals surface area contributed by atoms with Crippen LogP contribution in [0.1, 0.15) is 44.9 Å². The first-order valence-corrected chi connectivity index (χ1v) is 9.72. The van der Waals surface area contributed by atoms with Crippen LogP contribution >= 0.6 is 0 Å². The van der Waals surface area contributed by atoms with Gasteiger partial charge in [-0.25, -0.2) is 4.79 Å². The van der Waals surface area contributed by atoms with Crippen LogP contribution in [0, 0.1) is 0 Å². The van der Waals surface area contributed by atoms with E-state index in [1.165, 1.54) is 0 Å². The molecule has 2 aromatic carbocycles. The van der Waals surface area contributed by atoms with Crippen molar-refractivity contribution in [1.82, 2.24) is 10.6 Å². The van der Waals surface area contributed by atoms with Crippen LogP contribution in [0.2, 0.25) is 0 Å². The van der Waals surface area contributed by atoms with E-state index in [1.807, 2.05) is 48.5 Å². The van der Waals surface area contributed by atoms with Crippen LogP contribution in [-0.2, 0) is 16.0 Å². The molecular weight excluding hydrogens is 368 g/mol. The Balaban J connectivity index is 2.09. The van der Waals surface area contributed by atoms with Gasteiger partial charge < -0.3 is 20.5 Å². The number of aliphatic hydroxyl groups excluding tert-OH is 1. The number of hydrogen-bond acceptors (Lipinski definition) is 4. The zero-order chi connectivity index (χ0) is 21.4. The summed E-state index contributed by atoms with van der Waals surface area (Å²) in [7, 11) is 0. The van der Waals surface area contributed by atoms with Gasteiger partial charge in [-0.3, -0.25) is 4.79 Å². The number of benzene rings is 2. The minimum absolute atomic E-state index is 0.306. The number of rotatable bonds is 7. The van der Waals surface area contributed by atoms with Gasteiger partial charge in [0.15, 0.2) is 0 Å². The summed E-state index contributed by atoms with van der Waals surface area (Å²) in [6.45, 7) is 7.01. The molecule has 0 radical (unpaired) electrons. The van der Waals surface area contributed by atoms with Gasteiger partial charge in [-0.05, 0) is 38.8 Å². The second kappa shape index (κ2) is 10.1.